The predicted octanol–water partition coefficient (Wildman–Crippen LogP) is 16.0. The van der Waals surface area contributed by atoms with Gasteiger partial charge >= 0.3 is 17.9 Å². The maximum atomic E-state index is 14.5. The highest BCUT2D eigenvalue weighted by Gasteiger charge is 2.60. The minimum atomic E-state index is -0.750. The lowest BCUT2D eigenvalue weighted by atomic mass is 9.49. The highest BCUT2D eigenvalue weighted by atomic mass is 16.6. The van der Waals surface area contributed by atoms with Crippen LogP contribution in [0.5, 0.6) is 17.2 Å². The lowest BCUT2D eigenvalue weighted by Crippen LogP contribution is -2.56. The van der Waals surface area contributed by atoms with Gasteiger partial charge in [-0.3, -0.25) is 14.4 Å². The first-order valence-electron chi connectivity index (χ1n) is 29.9. The number of benzene rings is 6. The molecule has 0 radical (unpaired) electrons. The number of carboxylic acid groups (broad SMARTS) is 1. The second-order valence-corrected chi connectivity index (χ2v) is 26.1. The van der Waals surface area contributed by atoms with Crippen LogP contribution in [-0.2, 0) is 74.4 Å². The molecule has 3 saturated carbocycles. The Bertz CT molecular complexity index is 3080. The van der Waals surface area contributed by atoms with Crippen LogP contribution in [0.15, 0.2) is 146 Å². The maximum Gasteiger partial charge on any atom is 0.319 e. The molecular formula is C72H82O8. The zero-order valence-electron chi connectivity index (χ0n) is 48.1. The second-order valence-electron chi connectivity index (χ2n) is 26.1. The van der Waals surface area contributed by atoms with E-state index >= 15 is 0 Å². The van der Waals surface area contributed by atoms with Crippen LogP contribution < -0.4 is 14.2 Å². The lowest BCUT2D eigenvalue weighted by Gasteiger charge is -2.55. The number of aryl methyl sites for hydroxylation is 3. The number of carboxylic acids is 1. The summed E-state index contributed by atoms with van der Waals surface area (Å²) in [6.45, 7) is 14.6. The zero-order chi connectivity index (χ0) is 55.9. The molecule has 0 saturated heterocycles. The molecule has 9 atom stereocenters. The number of fused-ring (bicyclic) bond motifs is 9. The summed E-state index contributed by atoms with van der Waals surface area (Å²) >= 11 is 0. The van der Waals surface area contributed by atoms with Gasteiger partial charge < -0.3 is 24.1 Å². The molecule has 0 amide bonds. The average Bonchev–Trinajstić information content (AvgIpc) is 3.66. The average molecular weight is 1080 g/mol. The van der Waals surface area contributed by atoms with Crippen LogP contribution >= 0.6 is 0 Å². The highest BCUT2D eigenvalue weighted by Crippen LogP contribution is 2.61. The minimum Gasteiger partial charge on any atom is -0.489 e. The summed E-state index contributed by atoms with van der Waals surface area (Å²) in [5, 5.41) is 9.94. The van der Waals surface area contributed by atoms with Gasteiger partial charge in [-0.15, -0.1) is 0 Å². The number of hydrogen-bond donors (Lipinski definition) is 1. The van der Waals surface area contributed by atoms with Crippen molar-refractivity contribution in [2.45, 2.75) is 174 Å². The first-order valence-corrected chi connectivity index (χ1v) is 29.9. The van der Waals surface area contributed by atoms with Gasteiger partial charge in [0.2, 0.25) is 0 Å². The van der Waals surface area contributed by atoms with Crippen LogP contribution in [-0.4, -0.2) is 23.0 Å². The summed E-state index contributed by atoms with van der Waals surface area (Å²) in [4.78, 5) is 41.2. The number of carbonyl (C=O) groups is 3. The molecule has 3 fully saturated rings. The standard InChI is InChI=1S/C48H54O5.C24H28O3/c1-45-25-11-27-47(3,41(45)23-19-35-17-21-37(29-39(35)45)51-31-33-13-7-5-8-14-33)43(49)53-44(50)48(4)28-12-26-46(2)40-30-38(22-18-36(40)20-24-42(46)48)52-32-34-15-9-6-10-16-34;1-23-13-6-14-24(2,22(25)26)21(23)12-10-18-9-11-19(15-20(18)23)27-16-17-7-4-3-5-8-17/h5-10,13-18,21-22,29-30,41-42H,11-12,19-20,23-28,31-32H2,1-4H3;3-5,7-9,11,15,21H,6,10,12-14,16H2,1-2H3,(H,25,26)/t41-,42-,45-,46-,47+,48+;21-,23-,24+/m11/s1. The highest BCUT2D eigenvalue weighted by molar-refractivity contribution is 5.92. The van der Waals surface area contributed by atoms with Crippen LogP contribution in [0, 0.1) is 34.0 Å². The molecule has 12 rings (SSSR count). The van der Waals surface area contributed by atoms with Crippen LogP contribution in [0.1, 0.15) is 169 Å². The molecule has 6 aliphatic rings. The van der Waals surface area contributed by atoms with Crippen LogP contribution in [0.2, 0.25) is 0 Å². The number of rotatable bonds is 12. The van der Waals surface area contributed by atoms with Crippen molar-refractivity contribution in [2.75, 3.05) is 0 Å². The van der Waals surface area contributed by atoms with Crippen molar-refractivity contribution in [1.29, 1.82) is 0 Å². The van der Waals surface area contributed by atoms with E-state index in [9.17, 15) is 19.5 Å². The summed E-state index contributed by atoms with van der Waals surface area (Å²) in [5.41, 5.74) is 8.67. The summed E-state index contributed by atoms with van der Waals surface area (Å²) in [6, 6.07) is 50.1. The van der Waals surface area contributed by atoms with Crippen LogP contribution in [0.25, 0.3) is 0 Å². The van der Waals surface area contributed by atoms with E-state index in [1.807, 2.05) is 61.5 Å². The molecule has 0 spiro atoms. The Hall–Kier alpha value is -6.67. The van der Waals surface area contributed by atoms with Gasteiger partial charge in [-0.05, 0) is 218 Å². The van der Waals surface area contributed by atoms with E-state index in [0.717, 1.165) is 130 Å². The molecule has 80 heavy (non-hydrogen) atoms. The van der Waals surface area contributed by atoms with Gasteiger partial charge in [0, 0.05) is 0 Å². The molecule has 6 aromatic carbocycles. The SMILES string of the molecule is C[C@]1(C(=O)O)CCC[C@]2(C)c3cc(OCc4ccccc4)ccc3CC[C@@H]12.C[C@]1(C(=O)OC(=O)[C@@]2(C)CCC[C@]3(C)c4cc(OCc5ccccc5)ccc4CC[C@@H]23)CCC[C@]2(C)c3cc(OCc4ccccc4)ccc3CC[C@@H]12. The van der Waals surface area contributed by atoms with Crippen molar-refractivity contribution < 1.29 is 38.4 Å². The van der Waals surface area contributed by atoms with Crippen molar-refractivity contribution >= 4 is 17.9 Å². The third-order valence-electron chi connectivity index (χ3n) is 21.3. The van der Waals surface area contributed by atoms with Crippen molar-refractivity contribution in [3.63, 3.8) is 0 Å². The molecule has 6 aliphatic carbocycles. The Labute approximate surface area is 475 Å². The topological polar surface area (TPSA) is 108 Å². The van der Waals surface area contributed by atoms with Crippen molar-refractivity contribution in [3.8, 4) is 17.2 Å². The normalized spacial score (nSPS) is 29.9. The van der Waals surface area contributed by atoms with Crippen LogP contribution in [0.4, 0.5) is 0 Å². The van der Waals surface area contributed by atoms with Gasteiger partial charge in [0.25, 0.3) is 0 Å². The predicted molar refractivity (Wildman–Crippen MR) is 314 cm³/mol. The molecular weight excluding hydrogens is 993 g/mol. The van der Waals surface area contributed by atoms with E-state index in [0.29, 0.717) is 19.8 Å². The number of carbonyl (C=O) groups excluding carboxylic acids is 2. The first kappa shape index (κ1) is 55.2. The molecule has 0 heterocycles. The molecule has 0 aliphatic heterocycles. The fraction of sp³-hybridized carbons (Fsp3) is 0.458. The lowest BCUT2D eigenvalue weighted by molar-refractivity contribution is -0.184. The van der Waals surface area contributed by atoms with Gasteiger partial charge in [0.05, 0.1) is 16.2 Å². The molecule has 0 unspecified atom stereocenters. The van der Waals surface area contributed by atoms with E-state index in [1.165, 1.54) is 33.4 Å². The van der Waals surface area contributed by atoms with E-state index in [1.54, 1.807) is 0 Å². The minimum absolute atomic E-state index is 0.0706. The smallest absolute Gasteiger partial charge is 0.319 e. The Morgan fingerprint density at radius 2 is 0.713 bits per heavy atom. The molecule has 8 nitrogen and oxygen atoms in total. The number of hydrogen-bond acceptors (Lipinski definition) is 7. The number of ether oxygens (including phenoxy) is 4. The third-order valence-corrected chi connectivity index (χ3v) is 21.3. The molecule has 1 N–H and O–H groups in total. The monoisotopic (exact) mass is 1070 g/mol. The molecule has 0 aromatic heterocycles. The Balaban J connectivity index is 0.000000209. The molecule has 6 aromatic rings. The molecule has 0 bridgehead atoms. The van der Waals surface area contributed by atoms with Crippen LogP contribution in [0.3, 0.4) is 0 Å². The molecule has 8 heteroatoms. The fourth-order valence-electron chi connectivity index (χ4n) is 16.9. The Morgan fingerprint density at radius 1 is 0.412 bits per heavy atom. The summed E-state index contributed by atoms with van der Waals surface area (Å²) in [7, 11) is 0. The quantitative estimate of drug-likeness (QED) is 0.0954. The van der Waals surface area contributed by atoms with E-state index < -0.39 is 22.2 Å². The number of aliphatic carboxylic acids is 1. The first-order chi connectivity index (χ1) is 38.5. The van der Waals surface area contributed by atoms with Gasteiger partial charge in [-0.25, -0.2) is 0 Å². The Morgan fingerprint density at radius 3 is 1.02 bits per heavy atom. The van der Waals surface area contributed by atoms with Gasteiger partial charge in [-0.2, -0.15) is 0 Å². The van der Waals surface area contributed by atoms with Gasteiger partial charge in [0.15, 0.2) is 0 Å². The Kier molecular flexibility index (Phi) is 15.2. The maximum absolute atomic E-state index is 14.5. The van der Waals surface area contributed by atoms with Gasteiger partial charge in [0.1, 0.15) is 37.1 Å². The van der Waals surface area contributed by atoms with E-state index in [4.69, 9.17) is 18.9 Å². The summed E-state index contributed by atoms with van der Waals surface area (Å²) < 4.78 is 24.8. The second kappa shape index (κ2) is 22.0. The fourth-order valence-corrected chi connectivity index (χ4v) is 16.9. The van der Waals surface area contributed by atoms with Crippen molar-refractivity contribution in [1.82, 2.24) is 0 Å². The zero-order valence-corrected chi connectivity index (χ0v) is 48.1. The van der Waals surface area contributed by atoms with E-state index in [-0.39, 0.29) is 45.9 Å². The molecule has 418 valence electrons. The van der Waals surface area contributed by atoms with E-state index in [2.05, 4.69) is 126 Å². The van der Waals surface area contributed by atoms with Crippen molar-refractivity contribution in [2.24, 2.45) is 34.0 Å². The third kappa shape index (κ3) is 10.2. The van der Waals surface area contributed by atoms with Crippen molar-refractivity contribution in [3.05, 3.63) is 196 Å². The summed E-state index contributed by atoms with van der Waals surface area (Å²) in [6.07, 6.45) is 13.6. The number of esters is 2. The van der Waals surface area contributed by atoms with Gasteiger partial charge in [-0.1, -0.05) is 149 Å². The summed E-state index contributed by atoms with van der Waals surface area (Å²) in [5.74, 6) is 1.60. The largest absolute Gasteiger partial charge is 0.489 e.